The van der Waals surface area contributed by atoms with E-state index in [-0.39, 0.29) is 28.6 Å². The van der Waals surface area contributed by atoms with Crippen LogP contribution in [0.4, 0.5) is 0 Å². The number of halogens is 3. The van der Waals surface area contributed by atoms with E-state index in [9.17, 15) is 13.2 Å². The number of hydrogen-bond acceptors (Lipinski definition) is 4. The largest absolute Gasteiger partial charge is 0.463 e. The first kappa shape index (κ1) is 21.1. The number of carbonyl (C=O) groups is 1. The molecule has 0 aromatic heterocycles. The number of nitrogens with zero attached hydrogens (tertiary/aromatic N) is 1. The highest BCUT2D eigenvalue weighted by Gasteiger charge is 2.41. The van der Waals surface area contributed by atoms with Crippen LogP contribution < -0.4 is 0 Å². The zero-order valence-electron chi connectivity index (χ0n) is 14.7. The zero-order valence-corrected chi connectivity index (χ0v) is 17.8. The maximum Gasteiger partial charge on any atom is 0.335 e. The molecular weight excluding hydrogens is 445 g/mol. The minimum Gasteiger partial charge on any atom is -0.463 e. The van der Waals surface area contributed by atoms with Gasteiger partial charge < -0.3 is 4.74 Å². The SMILES string of the molecule is CCOC(=O)C1=CCN(S(=O)(=O)c2cccc(Cl)c2)C1c1ccc(Cl)c(Cl)c1. The van der Waals surface area contributed by atoms with Gasteiger partial charge in [-0.15, -0.1) is 0 Å². The van der Waals surface area contributed by atoms with Gasteiger partial charge >= 0.3 is 5.97 Å². The van der Waals surface area contributed by atoms with Crippen molar-refractivity contribution in [1.29, 1.82) is 0 Å². The van der Waals surface area contributed by atoms with Gasteiger partial charge in [-0.3, -0.25) is 0 Å². The van der Waals surface area contributed by atoms with E-state index >= 15 is 0 Å². The Bertz CT molecular complexity index is 1050. The number of sulfonamides is 1. The summed E-state index contributed by atoms with van der Waals surface area (Å²) in [6.07, 6.45) is 1.55. The highest BCUT2D eigenvalue weighted by atomic mass is 35.5. The summed E-state index contributed by atoms with van der Waals surface area (Å²) in [6.45, 7) is 1.86. The Balaban J connectivity index is 2.10. The Labute approximate surface area is 178 Å². The Morgan fingerprint density at radius 2 is 1.89 bits per heavy atom. The van der Waals surface area contributed by atoms with Crippen molar-refractivity contribution in [1.82, 2.24) is 4.31 Å². The van der Waals surface area contributed by atoms with Crippen LogP contribution in [0.25, 0.3) is 0 Å². The number of esters is 1. The molecule has 1 heterocycles. The van der Waals surface area contributed by atoms with Crippen molar-refractivity contribution in [3.05, 3.63) is 74.7 Å². The van der Waals surface area contributed by atoms with Crippen LogP contribution in [0, 0.1) is 0 Å². The Morgan fingerprint density at radius 1 is 1.14 bits per heavy atom. The van der Waals surface area contributed by atoms with Gasteiger partial charge in [-0.2, -0.15) is 4.31 Å². The van der Waals surface area contributed by atoms with Crippen molar-refractivity contribution in [2.75, 3.05) is 13.2 Å². The second-order valence-electron chi connectivity index (χ2n) is 5.99. The van der Waals surface area contributed by atoms with Crippen LogP contribution in [-0.4, -0.2) is 31.8 Å². The molecule has 0 amide bonds. The molecule has 0 radical (unpaired) electrons. The van der Waals surface area contributed by atoms with Crippen LogP contribution in [0.3, 0.4) is 0 Å². The summed E-state index contributed by atoms with van der Waals surface area (Å²) < 4.78 is 32.9. The molecule has 0 bridgehead atoms. The average Bonchev–Trinajstić information content (AvgIpc) is 3.10. The molecule has 0 saturated carbocycles. The monoisotopic (exact) mass is 459 g/mol. The van der Waals surface area contributed by atoms with E-state index in [0.29, 0.717) is 15.6 Å². The van der Waals surface area contributed by atoms with Crippen LogP contribution >= 0.6 is 34.8 Å². The van der Waals surface area contributed by atoms with Gasteiger partial charge in [0.1, 0.15) is 0 Å². The normalized spacial score (nSPS) is 17.4. The molecule has 28 heavy (non-hydrogen) atoms. The first-order valence-corrected chi connectivity index (χ1v) is 10.9. The molecule has 3 rings (SSSR count). The summed E-state index contributed by atoms with van der Waals surface area (Å²) in [7, 11) is -3.95. The summed E-state index contributed by atoms with van der Waals surface area (Å²) in [4.78, 5) is 12.5. The second kappa shape index (κ2) is 8.43. The van der Waals surface area contributed by atoms with Gasteiger partial charge in [0.2, 0.25) is 10.0 Å². The van der Waals surface area contributed by atoms with Crippen molar-refractivity contribution in [3.8, 4) is 0 Å². The number of rotatable bonds is 5. The first-order valence-electron chi connectivity index (χ1n) is 8.35. The smallest absolute Gasteiger partial charge is 0.335 e. The molecule has 1 aliphatic heterocycles. The molecule has 2 aromatic carbocycles. The molecule has 1 atom stereocenters. The van der Waals surface area contributed by atoms with Crippen molar-refractivity contribution >= 4 is 50.8 Å². The van der Waals surface area contributed by atoms with Gasteiger partial charge in [0.15, 0.2) is 0 Å². The van der Waals surface area contributed by atoms with Crippen LogP contribution in [0.2, 0.25) is 15.1 Å². The first-order chi connectivity index (χ1) is 13.3. The summed E-state index contributed by atoms with van der Waals surface area (Å²) in [5.41, 5.74) is 0.739. The lowest BCUT2D eigenvalue weighted by molar-refractivity contribution is -0.138. The summed E-state index contributed by atoms with van der Waals surface area (Å²) in [5.74, 6) is -0.581. The van der Waals surface area contributed by atoms with Gasteiger partial charge in [0.05, 0.1) is 33.2 Å². The third-order valence-corrected chi connectivity index (χ3v) is 7.05. The van der Waals surface area contributed by atoms with E-state index < -0.39 is 22.0 Å². The molecule has 1 unspecified atom stereocenters. The van der Waals surface area contributed by atoms with Crippen LogP contribution in [0.1, 0.15) is 18.5 Å². The molecule has 0 saturated heterocycles. The van der Waals surface area contributed by atoms with Gasteiger partial charge in [-0.1, -0.05) is 53.0 Å². The lowest BCUT2D eigenvalue weighted by Gasteiger charge is -2.26. The molecular formula is C19H16Cl3NO4S. The molecule has 2 aromatic rings. The minimum atomic E-state index is -3.95. The average molecular weight is 461 g/mol. The number of carbonyl (C=O) groups excluding carboxylic acids is 1. The number of benzene rings is 2. The zero-order chi connectivity index (χ0) is 20.5. The highest BCUT2D eigenvalue weighted by Crippen LogP contribution is 2.40. The lowest BCUT2D eigenvalue weighted by atomic mass is 10.0. The molecule has 0 fully saturated rings. The molecule has 1 aliphatic rings. The molecule has 0 aliphatic carbocycles. The fourth-order valence-electron chi connectivity index (χ4n) is 3.00. The predicted molar refractivity (Wildman–Crippen MR) is 109 cm³/mol. The molecule has 0 N–H and O–H groups in total. The fraction of sp³-hybridized carbons (Fsp3) is 0.211. The van der Waals surface area contributed by atoms with Gasteiger partial charge in [-0.25, -0.2) is 13.2 Å². The van der Waals surface area contributed by atoms with E-state index in [2.05, 4.69) is 0 Å². The molecule has 5 nitrogen and oxygen atoms in total. The lowest BCUT2D eigenvalue weighted by Crippen LogP contribution is -2.33. The topological polar surface area (TPSA) is 63.7 Å². The molecule has 148 valence electrons. The maximum absolute atomic E-state index is 13.3. The van der Waals surface area contributed by atoms with Gasteiger partial charge in [0.25, 0.3) is 0 Å². The minimum absolute atomic E-state index is 0.00784. The van der Waals surface area contributed by atoms with Crippen molar-refractivity contribution in [2.45, 2.75) is 17.9 Å². The standard InChI is InChI=1S/C19H16Cl3NO4S/c1-2-27-19(24)15-8-9-23(18(15)12-6-7-16(21)17(22)10-12)28(25,26)14-5-3-4-13(20)11-14/h3-8,10-11,18H,2,9H2,1H3. The predicted octanol–water partition coefficient (Wildman–Crippen LogP) is 4.88. The molecule has 0 spiro atoms. The van der Waals surface area contributed by atoms with Crippen LogP contribution in [0.5, 0.6) is 0 Å². The quantitative estimate of drug-likeness (QED) is 0.596. The van der Waals surface area contributed by atoms with Crippen molar-refractivity contribution < 1.29 is 17.9 Å². The van der Waals surface area contributed by atoms with Crippen LogP contribution in [-0.2, 0) is 19.6 Å². The number of ether oxygens (including phenoxy) is 1. The maximum atomic E-state index is 13.3. The van der Waals surface area contributed by atoms with E-state index in [0.717, 1.165) is 0 Å². The Hall–Kier alpha value is -1.57. The van der Waals surface area contributed by atoms with Crippen LogP contribution in [0.15, 0.2) is 59.0 Å². The van der Waals surface area contributed by atoms with E-state index in [4.69, 9.17) is 39.5 Å². The molecule has 9 heteroatoms. The summed E-state index contributed by atoms with van der Waals surface area (Å²) >= 11 is 18.1. The van der Waals surface area contributed by atoms with Crippen molar-refractivity contribution in [3.63, 3.8) is 0 Å². The second-order valence-corrected chi connectivity index (χ2v) is 9.13. The Kier molecular flexibility index (Phi) is 6.37. The van der Waals surface area contributed by atoms with Crippen molar-refractivity contribution in [2.24, 2.45) is 0 Å². The fourth-order valence-corrected chi connectivity index (χ4v) is 5.14. The van der Waals surface area contributed by atoms with Gasteiger partial charge in [-0.05, 0) is 42.8 Å². The highest BCUT2D eigenvalue weighted by molar-refractivity contribution is 7.89. The summed E-state index contributed by atoms with van der Waals surface area (Å²) in [6, 6.07) is 9.82. The number of hydrogen-bond donors (Lipinski definition) is 0. The van der Waals surface area contributed by atoms with E-state index in [1.54, 1.807) is 43.3 Å². The third kappa shape index (κ3) is 4.07. The third-order valence-electron chi connectivity index (χ3n) is 4.25. The van der Waals surface area contributed by atoms with Gasteiger partial charge in [0, 0.05) is 11.6 Å². The Morgan fingerprint density at radius 3 is 2.54 bits per heavy atom. The summed E-state index contributed by atoms with van der Waals surface area (Å²) in [5, 5.41) is 0.883. The van der Waals surface area contributed by atoms with E-state index in [1.807, 2.05) is 0 Å². The van der Waals surface area contributed by atoms with E-state index in [1.165, 1.54) is 16.4 Å².